The summed E-state index contributed by atoms with van der Waals surface area (Å²) < 4.78 is 13.0. The second-order valence-corrected chi connectivity index (χ2v) is 7.96. The predicted octanol–water partition coefficient (Wildman–Crippen LogP) is 2.40. The fourth-order valence-corrected chi connectivity index (χ4v) is 3.79. The number of carbonyl (C=O) groups is 2. The highest BCUT2D eigenvalue weighted by Gasteiger charge is 2.33. The van der Waals surface area contributed by atoms with Gasteiger partial charge in [-0.05, 0) is 42.7 Å². The van der Waals surface area contributed by atoms with Crippen LogP contribution in [0.1, 0.15) is 24.4 Å². The van der Waals surface area contributed by atoms with E-state index in [1.807, 2.05) is 30.3 Å². The van der Waals surface area contributed by atoms with Crippen LogP contribution in [0.5, 0.6) is 0 Å². The number of hydrogen-bond acceptors (Lipinski definition) is 4. The van der Waals surface area contributed by atoms with Gasteiger partial charge in [0.1, 0.15) is 11.9 Å². The topological polar surface area (TPSA) is 64.7 Å². The van der Waals surface area contributed by atoms with Gasteiger partial charge in [0.05, 0.1) is 6.54 Å². The summed E-state index contributed by atoms with van der Waals surface area (Å²) in [6.45, 7) is 3.10. The number of nitrogens with zero attached hydrogens (tertiary/aromatic N) is 2. The van der Waals surface area contributed by atoms with Gasteiger partial charge in [0, 0.05) is 37.9 Å². The maximum Gasteiger partial charge on any atom is 0.242 e. The highest BCUT2D eigenvalue weighted by molar-refractivity contribution is 5.92. The van der Waals surface area contributed by atoms with E-state index in [2.05, 4.69) is 20.4 Å². The minimum atomic E-state index is -0.331. The third kappa shape index (κ3) is 5.43. The van der Waals surface area contributed by atoms with E-state index in [1.54, 1.807) is 12.1 Å². The van der Waals surface area contributed by atoms with Crippen LogP contribution in [0.25, 0.3) is 0 Å². The van der Waals surface area contributed by atoms with Gasteiger partial charge in [-0.1, -0.05) is 30.3 Å². The fourth-order valence-electron chi connectivity index (χ4n) is 3.79. The summed E-state index contributed by atoms with van der Waals surface area (Å²) >= 11 is 0. The van der Waals surface area contributed by atoms with Crippen molar-refractivity contribution >= 4 is 17.5 Å². The molecule has 30 heavy (non-hydrogen) atoms. The molecule has 2 aliphatic rings. The zero-order chi connectivity index (χ0) is 20.9. The molecular formula is C23H27FN4O2. The minimum Gasteiger partial charge on any atom is -0.352 e. The summed E-state index contributed by atoms with van der Waals surface area (Å²) in [6.07, 6.45) is 2.12. The van der Waals surface area contributed by atoms with Crippen LogP contribution in [0.15, 0.2) is 54.6 Å². The summed E-state index contributed by atoms with van der Waals surface area (Å²) in [7, 11) is 0. The quantitative estimate of drug-likeness (QED) is 0.736. The van der Waals surface area contributed by atoms with Gasteiger partial charge in [0.15, 0.2) is 0 Å². The van der Waals surface area contributed by atoms with Crippen molar-refractivity contribution in [2.75, 3.05) is 38.0 Å². The number of nitrogens with one attached hydrogen (secondary N) is 2. The van der Waals surface area contributed by atoms with Gasteiger partial charge < -0.3 is 10.6 Å². The number of amides is 2. The minimum absolute atomic E-state index is 0.0613. The van der Waals surface area contributed by atoms with E-state index in [0.29, 0.717) is 37.9 Å². The zero-order valence-corrected chi connectivity index (χ0v) is 16.9. The maximum absolute atomic E-state index is 13.0. The lowest BCUT2D eigenvalue weighted by Gasteiger charge is -2.38. The van der Waals surface area contributed by atoms with Gasteiger partial charge in [-0.2, -0.15) is 0 Å². The molecule has 0 unspecified atom stereocenters. The number of rotatable bonds is 7. The number of hydrogen-bond donors (Lipinski definition) is 2. The van der Waals surface area contributed by atoms with Crippen LogP contribution < -0.4 is 10.6 Å². The smallest absolute Gasteiger partial charge is 0.242 e. The highest BCUT2D eigenvalue weighted by Crippen LogP contribution is 2.26. The first-order valence-electron chi connectivity index (χ1n) is 10.5. The van der Waals surface area contributed by atoms with E-state index in [4.69, 9.17) is 0 Å². The zero-order valence-electron chi connectivity index (χ0n) is 16.9. The molecular weight excluding hydrogens is 383 g/mol. The molecule has 1 saturated carbocycles. The van der Waals surface area contributed by atoms with Crippen LogP contribution in [0, 0.1) is 5.82 Å². The molecule has 4 rings (SSSR count). The lowest BCUT2D eigenvalue weighted by molar-refractivity contribution is -0.128. The molecule has 0 aromatic heterocycles. The summed E-state index contributed by atoms with van der Waals surface area (Å²) in [5.41, 5.74) is 1.58. The van der Waals surface area contributed by atoms with Crippen LogP contribution in [0.2, 0.25) is 0 Å². The Morgan fingerprint density at radius 2 is 1.63 bits per heavy atom. The Labute approximate surface area is 176 Å². The van der Waals surface area contributed by atoms with Gasteiger partial charge in [-0.25, -0.2) is 4.39 Å². The van der Waals surface area contributed by atoms with Crippen LogP contribution in [-0.4, -0.2) is 60.4 Å². The third-order valence-corrected chi connectivity index (χ3v) is 5.55. The summed E-state index contributed by atoms with van der Waals surface area (Å²) in [6, 6.07) is 15.6. The summed E-state index contributed by atoms with van der Waals surface area (Å²) in [5, 5.41) is 5.94. The van der Waals surface area contributed by atoms with Gasteiger partial charge in [-0.15, -0.1) is 0 Å². The Morgan fingerprint density at radius 1 is 0.967 bits per heavy atom. The van der Waals surface area contributed by atoms with Crippen LogP contribution in [-0.2, 0) is 9.59 Å². The standard InChI is InChI=1S/C23H27FN4O2/c24-18-6-8-19(9-7-18)25-21(29)16-27-12-14-28(15-13-27)22(17-4-2-1-3-5-17)23(30)26-20-10-11-20/h1-9,20,22H,10-16H2,(H,25,29)(H,26,30)/t22-/m0/s1. The third-order valence-electron chi connectivity index (χ3n) is 5.55. The van der Waals surface area contributed by atoms with Crippen LogP contribution in [0.3, 0.4) is 0 Å². The molecule has 1 heterocycles. The second-order valence-electron chi connectivity index (χ2n) is 7.96. The van der Waals surface area contributed by atoms with Crippen molar-refractivity contribution in [3.05, 3.63) is 66.0 Å². The molecule has 1 saturated heterocycles. The van der Waals surface area contributed by atoms with Gasteiger partial charge in [0.25, 0.3) is 0 Å². The van der Waals surface area contributed by atoms with Crippen molar-refractivity contribution in [1.82, 2.24) is 15.1 Å². The van der Waals surface area contributed by atoms with Gasteiger partial charge in [0.2, 0.25) is 11.8 Å². The van der Waals surface area contributed by atoms with Crippen molar-refractivity contribution in [2.24, 2.45) is 0 Å². The monoisotopic (exact) mass is 410 g/mol. The molecule has 2 N–H and O–H groups in total. The second kappa shape index (κ2) is 9.36. The van der Waals surface area contributed by atoms with Crippen molar-refractivity contribution in [1.29, 1.82) is 0 Å². The predicted molar refractivity (Wildman–Crippen MR) is 113 cm³/mol. The Morgan fingerprint density at radius 3 is 2.27 bits per heavy atom. The number of piperazine rings is 1. The van der Waals surface area contributed by atoms with E-state index in [0.717, 1.165) is 18.4 Å². The van der Waals surface area contributed by atoms with Crippen molar-refractivity contribution in [3.8, 4) is 0 Å². The number of benzene rings is 2. The maximum atomic E-state index is 13.0. The van der Waals surface area contributed by atoms with E-state index in [9.17, 15) is 14.0 Å². The molecule has 7 heteroatoms. The van der Waals surface area contributed by atoms with E-state index < -0.39 is 0 Å². The van der Waals surface area contributed by atoms with Crippen molar-refractivity contribution < 1.29 is 14.0 Å². The largest absolute Gasteiger partial charge is 0.352 e. The normalized spacial score (nSPS) is 18.6. The van der Waals surface area contributed by atoms with Crippen molar-refractivity contribution in [3.63, 3.8) is 0 Å². The lowest BCUT2D eigenvalue weighted by Crippen LogP contribution is -2.52. The van der Waals surface area contributed by atoms with E-state index in [-0.39, 0.29) is 30.2 Å². The van der Waals surface area contributed by atoms with Gasteiger partial charge in [-0.3, -0.25) is 19.4 Å². The fraction of sp³-hybridized carbons (Fsp3) is 0.391. The molecule has 0 spiro atoms. The molecule has 1 atom stereocenters. The Kier molecular flexibility index (Phi) is 6.40. The average molecular weight is 410 g/mol. The number of anilines is 1. The molecule has 6 nitrogen and oxygen atoms in total. The number of halogens is 1. The molecule has 1 aliphatic heterocycles. The highest BCUT2D eigenvalue weighted by atomic mass is 19.1. The van der Waals surface area contributed by atoms with Crippen LogP contribution in [0.4, 0.5) is 10.1 Å². The van der Waals surface area contributed by atoms with Crippen molar-refractivity contribution in [2.45, 2.75) is 24.9 Å². The Balaban J connectivity index is 1.32. The van der Waals surface area contributed by atoms with E-state index in [1.165, 1.54) is 12.1 Å². The first-order valence-corrected chi connectivity index (χ1v) is 10.5. The molecule has 0 bridgehead atoms. The first-order chi connectivity index (χ1) is 14.6. The Bertz CT molecular complexity index is 863. The molecule has 2 aromatic rings. The molecule has 2 fully saturated rings. The molecule has 2 aromatic carbocycles. The molecule has 1 aliphatic carbocycles. The number of carbonyl (C=O) groups excluding carboxylic acids is 2. The summed E-state index contributed by atoms with van der Waals surface area (Å²) in [4.78, 5) is 29.5. The average Bonchev–Trinajstić information content (AvgIpc) is 3.56. The lowest BCUT2D eigenvalue weighted by atomic mass is 10.0. The van der Waals surface area contributed by atoms with Gasteiger partial charge >= 0.3 is 0 Å². The van der Waals surface area contributed by atoms with Crippen LogP contribution >= 0.6 is 0 Å². The van der Waals surface area contributed by atoms with E-state index >= 15 is 0 Å². The Hall–Kier alpha value is -2.77. The summed E-state index contributed by atoms with van der Waals surface area (Å²) in [5.74, 6) is -0.393. The SMILES string of the molecule is O=C(CN1CCN([C@H](C(=O)NC2CC2)c2ccccc2)CC1)Nc1ccc(F)cc1. The first kappa shape index (κ1) is 20.5. The molecule has 0 radical (unpaired) electrons. The molecule has 158 valence electrons. The molecule has 2 amide bonds.